The summed E-state index contributed by atoms with van der Waals surface area (Å²) in [6, 6.07) is 0. The van der Waals surface area contributed by atoms with Crippen molar-refractivity contribution in [3.8, 4) is 0 Å². The van der Waals surface area contributed by atoms with Crippen LogP contribution in [0.4, 0.5) is 0 Å². The lowest BCUT2D eigenvalue weighted by Gasteiger charge is -2.25. The Labute approximate surface area is 87.6 Å². The molecule has 0 aromatic heterocycles. The first kappa shape index (κ1) is 13.5. The van der Waals surface area contributed by atoms with E-state index in [9.17, 15) is 5.11 Å². The molecule has 0 aromatic rings. The number of allylic oxidation sites excluding steroid dienone is 1. The molecule has 0 aliphatic heterocycles. The molecule has 14 heavy (non-hydrogen) atoms. The highest BCUT2D eigenvalue weighted by Gasteiger charge is 2.12. The van der Waals surface area contributed by atoms with Gasteiger partial charge in [-0.25, -0.2) is 0 Å². The summed E-state index contributed by atoms with van der Waals surface area (Å²) in [6.07, 6.45) is 3.62. The molecule has 0 heterocycles. The largest absolute Gasteiger partial charge is 0.507 e. The number of hydrogen-bond donors (Lipinski definition) is 1. The molecule has 0 aliphatic carbocycles. The fourth-order valence-corrected chi connectivity index (χ4v) is 1.28. The molecule has 0 radical (unpaired) electrons. The van der Waals surface area contributed by atoms with Gasteiger partial charge >= 0.3 is 0 Å². The van der Waals surface area contributed by atoms with Gasteiger partial charge in [0.1, 0.15) is 12.0 Å². The lowest BCUT2D eigenvalue weighted by molar-refractivity contribution is -0.840. The average molecular weight is 202 g/mol. The highest BCUT2D eigenvalue weighted by atomic mass is 16.5. The molecular formula is C11H24NO2+. The Morgan fingerprint density at radius 1 is 1.36 bits per heavy atom. The third kappa shape index (κ3) is 6.92. The molecule has 84 valence electrons. The van der Waals surface area contributed by atoms with E-state index in [0.29, 0.717) is 16.7 Å². The first-order valence-corrected chi connectivity index (χ1v) is 5.33. The van der Waals surface area contributed by atoms with E-state index in [0.717, 1.165) is 26.2 Å². The Balaban J connectivity index is 3.83. The first-order valence-electron chi connectivity index (χ1n) is 5.33. The zero-order chi connectivity index (χ0) is 11.0. The number of quaternary nitrogens is 1. The van der Waals surface area contributed by atoms with Crippen LogP contribution in [-0.4, -0.2) is 43.4 Å². The van der Waals surface area contributed by atoms with Crippen molar-refractivity contribution in [2.45, 2.75) is 26.7 Å². The molecule has 0 rings (SSSR count). The fraction of sp³-hybridized carbons (Fsp3) is 0.818. The van der Waals surface area contributed by atoms with Crippen LogP contribution in [0, 0.1) is 0 Å². The van der Waals surface area contributed by atoms with E-state index in [1.54, 1.807) is 0 Å². The van der Waals surface area contributed by atoms with Crippen LogP contribution in [-0.2, 0) is 4.74 Å². The molecule has 0 unspecified atom stereocenters. The fourth-order valence-electron chi connectivity index (χ4n) is 1.28. The highest BCUT2D eigenvalue weighted by molar-refractivity contribution is 4.82. The molecule has 0 bridgehead atoms. The van der Waals surface area contributed by atoms with Gasteiger partial charge in [0, 0.05) is 19.4 Å². The van der Waals surface area contributed by atoms with Crippen molar-refractivity contribution >= 4 is 0 Å². The first-order chi connectivity index (χ1) is 6.52. The summed E-state index contributed by atoms with van der Waals surface area (Å²) >= 11 is 0. The van der Waals surface area contributed by atoms with Crippen LogP contribution in [0.3, 0.4) is 0 Å². The minimum absolute atomic E-state index is 0.464. The second kappa shape index (κ2) is 6.85. The summed E-state index contributed by atoms with van der Waals surface area (Å²) in [7, 11) is 4.16. The molecule has 0 saturated carbocycles. The molecule has 1 N–H and O–H groups in total. The Bertz CT molecular complexity index is 176. The van der Waals surface area contributed by atoms with Gasteiger partial charge in [0.2, 0.25) is 0 Å². The second-order valence-corrected chi connectivity index (χ2v) is 4.03. The van der Waals surface area contributed by atoms with Crippen molar-refractivity contribution in [3.63, 3.8) is 0 Å². The average Bonchev–Trinajstić information content (AvgIpc) is 2.12. The maximum atomic E-state index is 9.41. The van der Waals surface area contributed by atoms with E-state index in [1.165, 1.54) is 0 Å². The van der Waals surface area contributed by atoms with Crippen molar-refractivity contribution in [1.29, 1.82) is 0 Å². The summed E-state index contributed by atoms with van der Waals surface area (Å²) in [6.45, 7) is 6.53. The van der Waals surface area contributed by atoms with Crippen LogP contribution in [0.15, 0.2) is 12.0 Å². The van der Waals surface area contributed by atoms with Crippen LogP contribution in [0.5, 0.6) is 0 Å². The van der Waals surface area contributed by atoms with Gasteiger partial charge in [-0.3, -0.25) is 4.48 Å². The van der Waals surface area contributed by atoms with Crippen LogP contribution in [0.25, 0.3) is 0 Å². The smallest absolute Gasteiger partial charge is 0.145 e. The summed E-state index contributed by atoms with van der Waals surface area (Å²) in [5, 5.41) is 9.41. The lowest BCUT2D eigenvalue weighted by Crippen LogP contribution is -2.35. The maximum absolute atomic E-state index is 9.41. The molecule has 0 atom stereocenters. The maximum Gasteiger partial charge on any atom is 0.145 e. The summed E-state index contributed by atoms with van der Waals surface area (Å²) in [4.78, 5) is 0. The summed E-state index contributed by atoms with van der Waals surface area (Å²) in [5.74, 6) is 0.464. The number of nitrogens with zero attached hydrogens (tertiary/aromatic N) is 1. The van der Waals surface area contributed by atoms with Crippen molar-refractivity contribution in [2.24, 2.45) is 0 Å². The molecular weight excluding hydrogens is 178 g/mol. The second-order valence-electron chi connectivity index (χ2n) is 4.03. The summed E-state index contributed by atoms with van der Waals surface area (Å²) in [5.41, 5.74) is 0. The normalized spacial score (nSPS) is 13.3. The van der Waals surface area contributed by atoms with Crippen molar-refractivity contribution in [1.82, 2.24) is 0 Å². The zero-order valence-electron chi connectivity index (χ0n) is 9.92. The summed E-state index contributed by atoms with van der Waals surface area (Å²) < 4.78 is 5.98. The topological polar surface area (TPSA) is 29.5 Å². The monoisotopic (exact) mass is 202 g/mol. The Hall–Kier alpha value is -0.540. The van der Waals surface area contributed by atoms with Crippen molar-refractivity contribution in [2.75, 3.05) is 33.9 Å². The predicted molar refractivity (Wildman–Crippen MR) is 59.1 cm³/mol. The SMILES string of the molecule is CCOCCC[N+](C)(C)C=C(O)CC. The molecule has 0 spiro atoms. The molecule has 0 saturated heterocycles. The van der Waals surface area contributed by atoms with Gasteiger partial charge in [-0.15, -0.1) is 0 Å². The number of aliphatic hydroxyl groups excluding tert-OH is 1. The minimum atomic E-state index is 0.464. The Morgan fingerprint density at radius 2 is 2.00 bits per heavy atom. The molecule has 0 aromatic carbocycles. The molecule has 0 fully saturated rings. The van der Waals surface area contributed by atoms with Crippen molar-refractivity contribution < 1.29 is 14.3 Å². The van der Waals surface area contributed by atoms with E-state index in [2.05, 4.69) is 14.1 Å². The Morgan fingerprint density at radius 3 is 2.50 bits per heavy atom. The molecule has 0 aliphatic rings. The number of aliphatic hydroxyl groups is 1. The third-order valence-electron chi connectivity index (χ3n) is 2.09. The van der Waals surface area contributed by atoms with E-state index in [1.807, 2.05) is 20.0 Å². The van der Waals surface area contributed by atoms with Crippen LogP contribution in [0.1, 0.15) is 26.7 Å². The van der Waals surface area contributed by atoms with Gasteiger partial charge in [0.05, 0.1) is 27.2 Å². The molecule has 0 amide bonds. The standard InChI is InChI=1S/C11H23NO2/c1-5-11(13)10-12(3,4)8-7-9-14-6-2/h10H,5-9H2,1-4H3/p+1. The van der Waals surface area contributed by atoms with E-state index >= 15 is 0 Å². The van der Waals surface area contributed by atoms with Crippen LogP contribution < -0.4 is 0 Å². The van der Waals surface area contributed by atoms with Gasteiger partial charge in [0.15, 0.2) is 0 Å². The van der Waals surface area contributed by atoms with Gasteiger partial charge < -0.3 is 9.84 Å². The van der Waals surface area contributed by atoms with Crippen LogP contribution >= 0.6 is 0 Å². The quantitative estimate of drug-likeness (QED) is 0.390. The number of rotatable bonds is 7. The zero-order valence-corrected chi connectivity index (χ0v) is 9.92. The van der Waals surface area contributed by atoms with E-state index in [4.69, 9.17) is 4.74 Å². The number of ether oxygens (including phenoxy) is 1. The van der Waals surface area contributed by atoms with Gasteiger partial charge in [0.25, 0.3) is 0 Å². The van der Waals surface area contributed by atoms with Gasteiger partial charge in [-0.1, -0.05) is 6.92 Å². The van der Waals surface area contributed by atoms with Crippen LogP contribution in [0.2, 0.25) is 0 Å². The highest BCUT2D eigenvalue weighted by Crippen LogP contribution is 2.06. The van der Waals surface area contributed by atoms with Gasteiger partial charge in [-0.2, -0.15) is 0 Å². The van der Waals surface area contributed by atoms with Crippen molar-refractivity contribution in [3.05, 3.63) is 12.0 Å². The predicted octanol–water partition coefficient (Wildman–Crippen LogP) is 2.30. The number of hydrogen-bond acceptors (Lipinski definition) is 2. The Kier molecular flexibility index (Phi) is 6.58. The lowest BCUT2D eigenvalue weighted by atomic mass is 10.3. The van der Waals surface area contributed by atoms with Gasteiger partial charge in [-0.05, 0) is 6.92 Å². The minimum Gasteiger partial charge on any atom is -0.507 e. The van der Waals surface area contributed by atoms with E-state index < -0.39 is 0 Å². The third-order valence-corrected chi connectivity index (χ3v) is 2.09. The van der Waals surface area contributed by atoms with E-state index in [-0.39, 0.29) is 0 Å². The molecule has 3 nitrogen and oxygen atoms in total. The molecule has 3 heteroatoms.